The summed E-state index contributed by atoms with van der Waals surface area (Å²) in [6.45, 7) is 0. The topological polar surface area (TPSA) is 66.4 Å². The Kier molecular flexibility index (Phi) is 6.45. The summed E-state index contributed by atoms with van der Waals surface area (Å²) < 4.78 is 0. The molecular weight excluding hydrogens is 357 g/mol. The third-order valence-electron chi connectivity index (χ3n) is 3.20. The van der Waals surface area contributed by atoms with Gasteiger partial charge in [0.15, 0.2) is 0 Å². The number of nitrogens with one attached hydrogen (secondary N) is 1. The third-order valence-corrected chi connectivity index (χ3v) is 4.67. The molecule has 2 rings (SSSR count). The van der Waals surface area contributed by atoms with Gasteiger partial charge in [-0.25, -0.2) is 0 Å². The van der Waals surface area contributed by atoms with Crippen molar-refractivity contribution in [1.29, 1.82) is 0 Å². The minimum absolute atomic E-state index is 0.157. The van der Waals surface area contributed by atoms with Gasteiger partial charge in [0.25, 0.3) is 0 Å². The number of carboxylic acids is 1. The Bertz CT molecular complexity index is 689. The number of thiophene rings is 1. The largest absolute Gasteiger partial charge is 0.481 e. The van der Waals surface area contributed by atoms with Crippen molar-refractivity contribution in [2.75, 3.05) is 0 Å². The van der Waals surface area contributed by atoms with Crippen LogP contribution in [0.25, 0.3) is 0 Å². The average Bonchev–Trinajstić information content (AvgIpc) is 2.94. The van der Waals surface area contributed by atoms with Crippen molar-refractivity contribution in [2.24, 2.45) is 0 Å². The van der Waals surface area contributed by atoms with Crippen LogP contribution in [0.1, 0.15) is 17.5 Å². The van der Waals surface area contributed by atoms with Crippen LogP contribution in [0.5, 0.6) is 0 Å². The highest BCUT2D eigenvalue weighted by Crippen LogP contribution is 2.23. The van der Waals surface area contributed by atoms with Gasteiger partial charge in [0.2, 0.25) is 5.91 Å². The fourth-order valence-electron chi connectivity index (χ4n) is 2.19. The minimum atomic E-state index is -0.967. The van der Waals surface area contributed by atoms with E-state index in [9.17, 15) is 9.59 Å². The van der Waals surface area contributed by atoms with E-state index in [1.165, 1.54) is 11.3 Å². The predicted octanol–water partition coefficient (Wildman–Crippen LogP) is 3.80. The van der Waals surface area contributed by atoms with E-state index in [-0.39, 0.29) is 18.7 Å². The van der Waals surface area contributed by atoms with Gasteiger partial charge in [-0.1, -0.05) is 29.3 Å². The maximum atomic E-state index is 12.1. The standard InChI is InChI=1S/C16H15Cl2NO3S/c17-13-2-1-10(6-14(13)18)5-12(8-16(21)22)19-15(20)7-11-3-4-23-9-11/h1-4,6,9,12H,5,7-8H2,(H,19,20)(H,21,22). The Morgan fingerprint density at radius 2 is 1.96 bits per heavy atom. The van der Waals surface area contributed by atoms with E-state index in [0.717, 1.165) is 11.1 Å². The first kappa shape index (κ1) is 17.8. The molecule has 1 heterocycles. The summed E-state index contributed by atoms with van der Waals surface area (Å²) >= 11 is 13.4. The molecule has 0 radical (unpaired) electrons. The first-order valence-corrected chi connectivity index (χ1v) is 8.60. The molecule has 0 spiro atoms. The van der Waals surface area contributed by atoms with Crippen LogP contribution in [-0.2, 0) is 22.4 Å². The molecule has 2 aromatic rings. The zero-order valence-electron chi connectivity index (χ0n) is 12.1. The van der Waals surface area contributed by atoms with Crippen molar-refractivity contribution in [3.8, 4) is 0 Å². The maximum absolute atomic E-state index is 12.1. The molecule has 1 aromatic carbocycles. The number of benzene rings is 1. The lowest BCUT2D eigenvalue weighted by Gasteiger charge is -2.17. The zero-order valence-corrected chi connectivity index (χ0v) is 14.4. The van der Waals surface area contributed by atoms with Crippen LogP contribution in [0.3, 0.4) is 0 Å². The van der Waals surface area contributed by atoms with Gasteiger partial charge in [-0.05, 0) is 46.5 Å². The lowest BCUT2D eigenvalue weighted by molar-refractivity contribution is -0.137. The Labute approximate surface area is 148 Å². The molecule has 0 bridgehead atoms. The van der Waals surface area contributed by atoms with Gasteiger partial charge in [-0.3, -0.25) is 9.59 Å². The lowest BCUT2D eigenvalue weighted by atomic mass is 10.0. The summed E-state index contributed by atoms with van der Waals surface area (Å²) in [5.41, 5.74) is 1.73. The Morgan fingerprint density at radius 1 is 1.17 bits per heavy atom. The highest BCUT2D eigenvalue weighted by molar-refractivity contribution is 7.08. The molecule has 1 unspecified atom stereocenters. The molecule has 0 aliphatic rings. The molecule has 0 aliphatic heterocycles. The number of carboxylic acid groups (broad SMARTS) is 1. The number of halogens is 2. The van der Waals surface area contributed by atoms with Gasteiger partial charge >= 0.3 is 5.97 Å². The molecule has 0 saturated heterocycles. The summed E-state index contributed by atoms with van der Waals surface area (Å²) in [7, 11) is 0. The number of carbonyl (C=O) groups excluding carboxylic acids is 1. The molecule has 0 aliphatic carbocycles. The van der Waals surface area contributed by atoms with Crippen LogP contribution in [0, 0.1) is 0 Å². The second-order valence-corrected chi connectivity index (χ2v) is 6.72. The van der Waals surface area contributed by atoms with E-state index in [4.69, 9.17) is 28.3 Å². The first-order chi connectivity index (χ1) is 10.9. The van der Waals surface area contributed by atoms with Gasteiger partial charge in [-0.2, -0.15) is 11.3 Å². The summed E-state index contributed by atoms with van der Waals surface area (Å²) in [5, 5.41) is 16.4. The van der Waals surface area contributed by atoms with E-state index in [2.05, 4.69) is 5.32 Å². The van der Waals surface area contributed by atoms with Gasteiger partial charge in [0.05, 0.1) is 22.9 Å². The van der Waals surface area contributed by atoms with E-state index in [1.54, 1.807) is 18.2 Å². The molecular formula is C16H15Cl2NO3S. The molecule has 1 atom stereocenters. The predicted molar refractivity (Wildman–Crippen MR) is 92.4 cm³/mol. The number of rotatable bonds is 7. The second-order valence-electron chi connectivity index (χ2n) is 5.12. The normalized spacial score (nSPS) is 11.9. The second kappa shape index (κ2) is 8.34. The van der Waals surface area contributed by atoms with Gasteiger partial charge in [0, 0.05) is 6.04 Å². The van der Waals surface area contributed by atoms with Crippen molar-refractivity contribution in [2.45, 2.75) is 25.3 Å². The Morgan fingerprint density at radius 3 is 2.57 bits per heavy atom. The Balaban J connectivity index is 2.02. The molecule has 2 N–H and O–H groups in total. The van der Waals surface area contributed by atoms with Crippen LogP contribution in [0.4, 0.5) is 0 Å². The van der Waals surface area contributed by atoms with Gasteiger partial charge < -0.3 is 10.4 Å². The quantitative estimate of drug-likeness (QED) is 0.777. The highest BCUT2D eigenvalue weighted by Gasteiger charge is 2.17. The molecule has 0 saturated carbocycles. The van der Waals surface area contributed by atoms with E-state index < -0.39 is 12.0 Å². The third kappa shape index (κ3) is 5.86. The van der Waals surface area contributed by atoms with Crippen molar-refractivity contribution in [3.05, 3.63) is 56.2 Å². The molecule has 1 aromatic heterocycles. The van der Waals surface area contributed by atoms with Crippen LogP contribution in [0.2, 0.25) is 10.0 Å². The highest BCUT2D eigenvalue weighted by atomic mass is 35.5. The Hall–Kier alpha value is -1.56. The fraction of sp³-hybridized carbons (Fsp3) is 0.250. The minimum Gasteiger partial charge on any atom is -0.481 e. The number of carbonyl (C=O) groups is 2. The van der Waals surface area contributed by atoms with E-state index in [1.807, 2.05) is 16.8 Å². The molecule has 122 valence electrons. The summed E-state index contributed by atoms with van der Waals surface area (Å²) in [6, 6.07) is 6.48. The summed E-state index contributed by atoms with van der Waals surface area (Å²) in [5.74, 6) is -1.17. The van der Waals surface area contributed by atoms with E-state index in [0.29, 0.717) is 16.5 Å². The number of aliphatic carboxylic acids is 1. The van der Waals surface area contributed by atoms with Crippen LogP contribution < -0.4 is 5.32 Å². The molecule has 23 heavy (non-hydrogen) atoms. The van der Waals surface area contributed by atoms with Crippen LogP contribution in [0.15, 0.2) is 35.0 Å². The van der Waals surface area contributed by atoms with Crippen molar-refractivity contribution in [1.82, 2.24) is 5.32 Å². The maximum Gasteiger partial charge on any atom is 0.305 e. The van der Waals surface area contributed by atoms with Crippen LogP contribution in [-0.4, -0.2) is 23.0 Å². The summed E-state index contributed by atoms with van der Waals surface area (Å²) in [4.78, 5) is 23.1. The molecule has 0 fully saturated rings. The van der Waals surface area contributed by atoms with E-state index >= 15 is 0 Å². The monoisotopic (exact) mass is 371 g/mol. The van der Waals surface area contributed by atoms with Gasteiger partial charge in [0.1, 0.15) is 0 Å². The number of hydrogen-bond acceptors (Lipinski definition) is 3. The number of hydrogen-bond donors (Lipinski definition) is 2. The van der Waals surface area contributed by atoms with Crippen molar-refractivity contribution < 1.29 is 14.7 Å². The molecule has 1 amide bonds. The number of amides is 1. The molecule has 7 heteroatoms. The SMILES string of the molecule is O=C(O)CC(Cc1ccc(Cl)c(Cl)c1)NC(=O)Cc1ccsc1. The zero-order chi connectivity index (χ0) is 16.8. The average molecular weight is 372 g/mol. The molecule has 4 nitrogen and oxygen atoms in total. The first-order valence-electron chi connectivity index (χ1n) is 6.90. The fourth-order valence-corrected chi connectivity index (χ4v) is 3.18. The smallest absolute Gasteiger partial charge is 0.305 e. The lowest BCUT2D eigenvalue weighted by Crippen LogP contribution is -2.38. The van der Waals surface area contributed by atoms with Crippen LogP contribution >= 0.6 is 34.5 Å². The van der Waals surface area contributed by atoms with Gasteiger partial charge in [-0.15, -0.1) is 0 Å². The van der Waals surface area contributed by atoms with Crippen molar-refractivity contribution >= 4 is 46.4 Å². The van der Waals surface area contributed by atoms with Crippen molar-refractivity contribution in [3.63, 3.8) is 0 Å². The summed E-state index contributed by atoms with van der Waals surface area (Å²) in [6.07, 6.45) is 0.454.